The van der Waals surface area contributed by atoms with Gasteiger partial charge in [0.15, 0.2) is 0 Å². The molecule has 0 saturated carbocycles. The summed E-state index contributed by atoms with van der Waals surface area (Å²) in [4.78, 5) is 12.1. The van der Waals surface area contributed by atoms with Crippen molar-refractivity contribution in [2.24, 2.45) is 0 Å². The summed E-state index contributed by atoms with van der Waals surface area (Å²) in [6.45, 7) is 3.32. The highest BCUT2D eigenvalue weighted by atomic mass is 15.3. The van der Waals surface area contributed by atoms with Gasteiger partial charge in [-0.2, -0.15) is 5.10 Å². The second kappa shape index (κ2) is 4.78. The summed E-state index contributed by atoms with van der Waals surface area (Å²) >= 11 is 0. The Morgan fingerprint density at radius 2 is 2.17 bits per heavy atom. The van der Waals surface area contributed by atoms with E-state index >= 15 is 0 Å². The number of H-pyrrole nitrogens is 1. The Kier molecular flexibility index (Phi) is 2.71. The molecule has 3 aromatic rings. The summed E-state index contributed by atoms with van der Waals surface area (Å²) in [7, 11) is 0. The van der Waals surface area contributed by atoms with E-state index in [0.717, 1.165) is 41.9 Å². The van der Waals surface area contributed by atoms with Crippen LogP contribution in [0.25, 0.3) is 22.2 Å². The summed E-state index contributed by atoms with van der Waals surface area (Å²) in [5, 5.41) is 8.27. The maximum atomic E-state index is 4.96. The molecule has 2 aromatic heterocycles. The fraction of sp³-hybridized carbons (Fsp3) is 0.389. The van der Waals surface area contributed by atoms with Gasteiger partial charge in [0, 0.05) is 34.8 Å². The van der Waals surface area contributed by atoms with E-state index in [1.54, 1.807) is 0 Å². The van der Waals surface area contributed by atoms with Gasteiger partial charge in [-0.1, -0.05) is 6.07 Å². The number of aryl methyl sites for hydroxylation is 1. The monoisotopic (exact) mass is 305 g/mol. The van der Waals surface area contributed by atoms with Crippen LogP contribution in [0.2, 0.25) is 0 Å². The molecule has 0 spiro atoms. The summed E-state index contributed by atoms with van der Waals surface area (Å²) < 4.78 is 0. The normalized spacial score (nSPS) is 19.9. The van der Waals surface area contributed by atoms with Crippen LogP contribution in [0.15, 0.2) is 24.4 Å². The lowest BCUT2D eigenvalue weighted by Crippen LogP contribution is -2.46. The molecule has 1 aliphatic heterocycles. The fourth-order valence-corrected chi connectivity index (χ4v) is 3.69. The predicted octanol–water partition coefficient (Wildman–Crippen LogP) is 3.11. The minimum atomic E-state index is 0.554. The van der Waals surface area contributed by atoms with Crippen molar-refractivity contribution in [1.29, 1.82) is 0 Å². The molecule has 1 aromatic carbocycles. The van der Waals surface area contributed by atoms with Crippen LogP contribution in [0, 0.1) is 0 Å². The van der Waals surface area contributed by atoms with Crippen LogP contribution in [0.4, 0.5) is 5.95 Å². The first-order chi connectivity index (χ1) is 11.3. The Balaban J connectivity index is 1.68. The first-order valence-electron chi connectivity index (χ1n) is 8.39. The van der Waals surface area contributed by atoms with Gasteiger partial charge in [0.25, 0.3) is 0 Å². The van der Waals surface area contributed by atoms with Crippen LogP contribution >= 0.6 is 0 Å². The molecule has 0 radical (unpaired) electrons. The third kappa shape index (κ3) is 1.96. The molecular formula is C18H19N5. The Hall–Kier alpha value is -2.43. The van der Waals surface area contributed by atoms with Gasteiger partial charge in [-0.15, -0.1) is 0 Å². The van der Waals surface area contributed by atoms with E-state index in [9.17, 15) is 0 Å². The maximum Gasteiger partial charge on any atom is 0.226 e. The molecule has 5 nitrogen and oxygen atoms in total. The average molecular weight is 305 g/mol. The van der Waals surface area contributed by atoms with Crippen molar-refractivity contribution in [1.82, 2.24) is 20.2 Å². The van der Waals surface area contributed by atoms with E-state index in [1.807, 2.05) is 6.20 Å². The highest BCUT2D eigenvalue weighted by Gasteiger charge is 2.29. The molecule has 1 atom stereocenters. The summed E-state index contributed by atoms with van der Waals surface area (Å²) in [6.07, 6.45) is 6.46. The third-order valence-corrected chi connectivity index (χ3v) is 5.21. The van der Waals surface area contributed by atoms with Gasteiger partial charge < -0.3 is 4.90 Å². The van der Waals surface area contributed by atoms with E-state index in [1.165, 1.54) is 29.7 Å². The van der Waals surface area contributed by atoms with Crippen molar-refractivity contribution in [2.45, 2.75) is 38.6 Å². The third-order valence-electron chi connectivity index (χ3n) is 5.21. The van der Waals surface area contributed by atoms with Gasteiger partial charge in [0.05, 0.1) is 17.4 Å². The largest absolute Gasteiger partial charge is 0.338 e. The number of nitrogens with one attached hydrogen (secondary N) is 1. The summed E-state index contributed by atoms with van der Waals surface area (Å²) in [5.74, 6) is 0.909. The Morgan fingerprint density at radius 1 is 1.22 bits per heavy atom. The lowest BCUT2D eigenvalue weighted by molar-refractivity contribution is 0.470. The van der Waals surface area contributed by atoms with Crippen molar-refractivity contribution in [3.8, 4) is 11.3 Å². The SMILES string of the molecule is CC1CCN1c1nc2c(c(-c3ccc4[nH]ncc4c3)n1)CCC2. The average Bonchev–Trinajstić information content (AvgIpc) is 3.20. The van der Waals surface area contributed by atoms with Crippen molar-refractivity contribution >= 4 is 16.9 Å². The van der Waals surface area contributed by atoms with Crippen LogP contribution in [0.5, 0.6) is 0 Å². The van der Waals surface area contributed by atoms with Gasteiger partial charge in [-0.25, -0.2) is 9.97 Å². The number of hydrogen-bond acceptors (Lipinski definition) is 4. The summed E-state index contributed by atoms with van der Waals surface area (Å²) in [6, 6.07) is 6.97. The van der Waals surface area contributed by atoms with Crippen molar-refractivity contribution in [2.75, 3.05) is 11.4 Å². The van der Waals surface area contributed by atoms with Gasteiger partial charge in [0.2, 0.25) is 5.95 Å². The van der Waals surface area contributed by atoms with Crippen LogP contribution in [0.3, 0.4) is 0 Å². The van der Waals surface area contributed by atoms with Gasteiger partial charge >= 0.3 is 0 Å². The topological polar surface area (TPSA) is 57.7 Å². The number of anilines is 1. The van der Waals surface area contributed by atoms with Crippen molar-refractivity contribution in [3.05, 3.63) is 35.7 Å². The molecule has 5 heteroatoms. The van der Waals surface area contributed by atoms with E-state index < -0.39 is 0 Å². The van der Waals surface area contributed by atoms with Crippen molar-refractivity contribution in [3.63, 3.8) is 0 Å². The molecular weight excluding hydrogens is 286 g/mol. The molecule has 0 amide bonds. The molecule has 5 rings (SSSR count). The van der Waals surface area contributed by atoms with Gasteiger partial charge in [0.1, 0.15) is 0 Å². The molecule has 23 heavy (non-hydrogen) atoms. The molecule has 1 unspecified atom stereocenters. The number of aromatic nitrogens is 4. The molecule has 1 N–H and O–H groups in total. The Bertz CT molecular complexity index is 898. The number of hydrogen-bond donors (Lipinski definition) is 1. The number of nitrogens with zero attached hydrogens (tertiary/aromatic N) is 4. The minimum Gasteiger partial charge on any atom is -0.338 e. The molecule has 116 valence electrons. The smallest absolute Gasteiger partial charge is 0.226 e. The van der Waals surface area contributed by atoms with Gasteiger partial charge in [-0.05, 0) is 44.7 Å². The number of aromatic amines is 1. The lowest BCUT2D eigenvalue weighted by Gasteiger charge is -2.39. The molecule has 2 aliphatic rings. The maximum absolute atomic E-state index is 4.96. The number of benzene rings is 1. The second-order valence-corrected chi connectivity index (χ2v) is 6.65. The quantitative estimate of drug-likeness (QED) is 0.790. The van der Waals surface area contributed by atoms with E-state index in [-0.39, 0.29) is 0 Å². The van der Waals surface area contributed by atoms with Crippen molar-refractivity contribution < 1.29 is 0 Å². The molecule has 1 saturated heterocycles. The zero-order chi connectivity index (χ0) is 15.4. The zero-order valence-electron chi connectivity index (χ0n) is 13.2. The Morgan fingerprint density at radius 3 is 3.00 bits per heavy atom. The lowest BCUT2D eigenvalue weighted by atomic mass is 10.0. The first-order valence-corrected chi connectivity index (χ1v) is 8.39. The Labute approximate surface area is 134 Å². The van der Waals surface area contributed by atoms with Crippen LogP contribution < -0.4 is 4.90 Å². The standard InChI is InChI=1S/C18H19N5/c1-11-7-8-23(11)18-20-16-4-2-3-14(16)17(21-18)12-5-6-15-13(9-12)10-19-22-15/h5-6,9-11H,2-4,7-8H2,1H3,(H,19,22). The minimum absolute atomic E-state index is 0.554. The van der Waals surface area contributed by atoms with Crippen LogP contribution in [-0.4, -0.2) is 32.8 Å². The van der Waals surface area contributed by atoms with E-state index in [4.69, 9.17) is 9.97 Å². The second-order valence-electron chi connectivity index (χ2n) is 6.65. The molecule has 0 bridgehead atoms. The zero-order valence-corrected chi connectivity index (χ0v) is 13.2. The molecule has 3 heterocycles. The molecule has 1 aliphatic carbocycles. The van der Waals surface area contributed by atoms with Crippen LogP contribution in [0.1, 0.15) is 31.0 Å². The summed E-state index contributed by atoms with van der Waals surface area (Å²) in [5.41, 5.74) is 5.94. The highest BCUT2D eigenvalue weighted by Crippen LogP contribution is 2.34. The van der Waals surface area contributed by atoms with Gasteiger partial charge in [-0.3, -0.25) is 5.10 Å². The van der Waals surface area contributed by atoms with E-state index in [0.29, 0.717) is 6.04 Å². The number of rotatable bonds is 2. The highest BCUT2D eigenvalue weighted by molar-refractivity contribution is 5.84. The fourth-order valence-electron chi connectivity index (χ4n) is 3.69. The van der Waals surface area contributed by atoms with Crippen LogP contribution in [-0.2, 0) is 12.8 Å². The first kappa shape index (κ1) is 13.0. The predicted molar refractivity (Wildman–Crippen MR) is 90.6 cm³/mol. The van der Waals surface area contributed by atoms with E-state index in [2.05, 4.69) is 40.2 Å². The number of fused-ring (bicyclic) bond motifs is 2. The molecule has 1 fully saturated rings.